The third-order valence-corrected chi connectivity index (χ3v) is 4.15. The van der Waals surface area contributed by atoms with Gasteiger partial charge < -0.3 is 4.98 Å². The monoisotopic (exact) mass is 253 g/mol. The second-order valence-electron chi connectivity index (χ2n) is 5.16. The molecule has 1 N–H and O–H groups in total. The normalized spacial score (nSPS) is 17.6. The molecule has 0 amide bonds. The molecule has 0 aromatic carbocycles. The van der Waals surface area contributed by atoms with Crippen molar-refractivity contribution in [2.24, 2.45) is 4.99 Å². The van der Waals surface area contributed by atoms with Gasteiger partial charge in [-0.05, 0) is 63.8 Å². The van der Waals surface area contributed by atoms with Gasteiger partial charge in [-0.1, -0.05) is 0 Å². The first-order valence-corrected chi connectivity index (χ1v) is 6.42. The van der Waals surface area contributed by atoms with Crippen LogP contribution in [0.2, 0.25) is 0 Å². The first kappa shape index (κ1) is 13.4. The van der Waals surface area contributed by atoms with E-state index in [1.165, 1.54) is 11.1 Å². The number of hydrogen-bond donors (Lipinski definition) is 1. The number of rotatable bonds is 1. The molecule has 0 fully saturated rings. The summed E-state index contributed by atoms with van der Waals surface area (Å²) in [6, 6.07) is 2.32. The van der Waals surface area contributed by atoms with Crippen molar-refractivity contribution in [1.82, 2.24) is 4.98 Å². The largest absolute Gasteiger partial charge is 0.358 e. The maximum atomic E-state index is 9.54. The highest BCUT2D eigenvalue weighted by Gasteiger charge is 2.21. The predicted molar refractivity (Wildman–Crippen MR) is 79.0 cm³/mol. The fourth-order valence-corrected chi connectivity index (χ4v) is 2.35. The van der Waals surface area contributed by atoms with E-state index in [-0.39, 0.29) is 0 Å². The number of aromatic nitrogens is 1. The van der Waals surface area contributed by atoms with E-state index in [9.17, 15) is 5.26 Å². The molecule has 2 heterocycles. The van der Waals surface area contributed by atoms with E-state index in [4.69, 9.17) is 0 Å². The summed E-state index contributed by atoms with van der Waals surface area (Å²) in [7, 11) is 0. The van der Waals surface area contributed by atoms with Gasteiger partial charge in [0.05, 0.1) is 11.4 Å². The minimum Gasteiger partial charge on any atom is -0.358 e. The highest BCUT2D eigenvalue weighted by Crippen LogP contribution is 2.33. The van der Waals surface area contributed by atoms with E-state index in [1.807, 2.05) is 34.6 Å². The van der Waals surface area contributed by atoms with Crippen LogP contribution < -0.4 is 0 Å². The molecule has 0 bridgehead atoms. The van der Waals surface area contributed by atoms with Crippen LogP contribution in [0.3, 0.4) is 0 Å². The van der Waals surface area contributed by atoms with Gasteiger partial charge >= 0.3 is 0 Å². The Bertz CT molecular complexity index is 688. The van der Waals surface area contributed by atoms with Crippen molar-refractivity contribution in [1.29, 1.82) is 5.26 Å². The zero-order valence-electron chi connectivity index (χ0n) is 12.4. The zero-order valence-corrected chi connectivity index (χ0v) is 12.4. The molecule has 0 aliphatic carbocycles. The molecule has 0 spiro atoms. The van der Waals surface area contributed by atoms with E-state index < -0.39 is 0 Å². The van der Waals surface area contributed by atoms with Gasteiger partial charge in [0.2, 0.25) is 0 Å². The van der Waals surface area contributed by atoms with E-state index in [2.05, 4.69) is 23.0 Å². The molecule has 1 aliphatic rings. The fourth-order valence-electron chi connectivity index (χ4n) is 2.35. The quantitative estimate of drug-likeness (QED) is 0.756. The molecule has 0 atom stereocenters. The van der Waals surface area contributed by atoms with Gasteiger partial charge in [-0.2, -0.15) is 5.26 Å². The van der Waals surface area contributed by atoms with E-state index in [0.29, 0.717) is 5.57 Å². The van der Waals surface area contributed by atoms with Gasteiger partial charge in [-0.25, -0.2) is 0 Å². The number of aromatic amines is 1. The molecular formula is C16H19N3. The summed E-state index contributed by atoms with van der Waals surface area (Å²) < 4.78 is 0. The van der Waals surface area contributed by atoms with Crippen LogP contribution >= 0.6 is 0 Å². The van der Waals surface area contributed by atoms with Crippen LogP contribution in [0.4, 0.5) is 0 Å². The highest BCUT2D eigenvalue weighted by atomic mass is 14.8. The number of allylic oxidation sites excluding steroid dienone is 3. The lowest BCUT2D eigenvalue weighted by Gasteiger charge is -2.04. The van der Waals surface area contributed by atoms with Crippen molar-refractivity contribution in [3.05, 3.63) is 39.4 Å². The zero-order chi connectivity index (χ0) is 14.3. The summed E-state index contributed by atoms with van der Waals surface area (Å²) >= 11 is 0. The molecule has 1 aliphatic heterocycles. The molecule has 0 saturated heterocycles. The Morgan fingerprint density at radius 2 is 1.63 bits per heavy atom. The van der Waals surface area contributed by atoms with Crippen molar-refractivity contribution in [2.75, 3.05) is 0 Å². The molecule has 19 heavy (non-hydrogen) atoms. The Balaban J connectivity index is 2.73. The molecule has 98 valence electrons. The molecule has 0 radical (unpaired) electrons. The molecule has 2 rings (SSSR count). The summed E-state index contributed by atoms with van der Waals surface area (Å²) in [5.41, 5.74) is 9.06. The van der Waals surface area contributed by atoms with Gasteiger partial charge in [0, 0.05) is 11.4 Å². The first-order valence-electron chi connectivity index (χ1n) is 6.42. The Morgan fingerprint density at radius 3 is 2.00 bits per heavy atom. The van der Waals surface area contributed by atoms with Crippen LogP contribution in [-0.4, -0.2) is 10.7 Å². The van der Waals surface area contributed by atoms with Gasteiger partial charge in [0.1, 0.15) is 11.6 Å². The molecule has 3 nitrogen and oxygen atoms in total. The number of nitrogens with zero attached hydrogens (tertiary/aromatic N) is 2. The lowest BCUT2D eigenvalue weighted by atomic mass is 10.0. The van der Waals surface area contributed by atoms with Crippen LogP contribution in [0.25, 0.3) is 5.57 Å². The molecule has 0 saturated carbocycles. The minimum absolute atomic E-state index is 0.641. The van der Waals surface area contributed by atoms with Crippen LogP contribution in [0.5, 0.6) is 0 Å². The second kappa shape index (κ2) is 4.55. The average Bonchev–Trinajstić information content (AvgIpc) is 2.77. The lowest BCUT2D eigenvalue weighted by molar-refractivity contribution is 1.20. The number of H-pyrrole nitrogens is 1. The van der Waals surface area contributed by atoms with Gasteiger partial charge in [-0.15, -0.1) is 0 Å². The third-order valence-electron chi connectivity index (χ3n) is 4.15. The standard InChI is InChI=1S/C16H19N3/c1-8-10(3)15(18-12(8)5)14(7-17)16-11(4)9(2)13(6)19-16/h18H,1-6H3/b16-14+. The molecule has 3 heteroatoms. The number of nitriles is 1. The van der Waals surface area contributed by atoms with Gasteiger partial charge in [0.15, 0.2) is 0 Å². The molecular weight excluding hydrogens is 234 g/mol. The Labute approximate surface area is 114 Å². The van der Waals surface area contributed by atoms with Crippen molar-refractivity contribution < 1.29 is 0 Å². The highest BCUT2D eigenvalue weighted by molar-refractivity contribution is 6.04. The van der Waals surface area contributed by atoms with Crippen LogP contribution in [0.15, 0.2) is 21.8 Å². The fraction of sp³-hybridized carbons (Fsp3) is 0.375. The third kappa shape index (κ3) is 1.94. The summed E-state index contributed by atoms with van der Waals surface area (Å²) in [5, 5.41) is 9.54. The maximum absolute atomic E-state index is 9.54. The van der Waals surface area contributed by atoms with Crippen molar-refractivity contribution in [3.8, 4) is 6.07 Å². The van der Waals surface area contributed by atoms with Crippen molar-refractivity contribution in [3.63, 3.8) is 0 Å². The smallest absolute Gasteiger partial charge is 0.104 e. The predicted octanol–water partition coefficient (Wildman–Crippen LogP) is 3.99. The van der Waals surface area contributed by atoms with Gasteiger partial charge in [0.25, 0.3) is 0 Å². The van der Waals surface area contributed by atoms with Crippen molar-refractivity contribution >= 4 is 11.3 Å². The van der Waals surface area contributed by atoms with Gasteiger partial charge in [-0.3, -0.25) is 4.99 Å². The van der Waals surface area contributed by atoms with E-state index in [1.54, 1.807) is 0 Å². The molecule has 0 unspecified atom stereocenters. The Morgan fingerprint density at radius 1 is 1.00 bits per heavy atom. The minimum atomic E-state index is 0.641. The topological polar surface area (TPSA) is 51.9 Å². The number of aliphatic imine (C=N–C) groups is 1. The average molecular weight is 253 g/mol. The Kier molecular flexibility index (Phi) is 3.20. The maximum Gasteiger partial charge on any atom is 0.104 e. The second-order valence-corrected chi connectivity index (χ2v) is 5.16. The molecule has 1 aromatic heterocycles. The Hall–Kier alpha value is -2.08. The summed E-state index contributed by atoms with van der Waals surface area (Å²) in [5.74, 6) is 0. The summed E-state index contributed by atoms with van der Waals surface area (Å²) in [6.07, 6.45) is 0. The van der Waals surface area contributed by atoms with Crippen LogP contribution in [0.1, 0.15) is 43.3 Å². The SMILES string of the molecule is CC1=N/C(=C(\C#N)c2[nH]c(C)c(C)c2C)C(C)=C1C. The summed E-state index contributed by atoms with van der Waals surface area (Å²) in [4.78, 5) is 7.88. The van der Waals surface area contributed by atoms with Crippen molar-refractivity contribution in [2.45, 2.75) is 41.5 Å². The molecule has 1 aromatic rings. The van der Waals surface area contributed by atoms with E-state index in [0.717, 1.165) is 33.9 Å². The first-order chi connectivity index (χ1) is 8.88. The summed E-state index contributed by atoms with van der Waals surface area (Å²) in [6.45, 7) is 12.2. The number of aryl methyl sites for hydroxylation is 1. The number of hydrogen-bond acceptors (Lipinski definition) is 2. The van der Waals surface area contributed by atoms with Crippen LogP contribution in [-0.2, 0) is 0 Å². The van der Waals surface area contributed by atoms with E-state index >= 15 is 0 Å². The lowest BCUT2D eigenvalue weighted by Crippen LogP contribution is -1.91. The van der Waals surface area contributed by atoms with Crippen LogP contribution in [0, 0.1) is 32.1 Å². The number of nitrogens with one attached hydrogen (secondary N) is 1.